The van der Waals surface area contributed by atoms with E-state index in [0.717, 1.165) is 5.01 Å². The van der Waals surface area contributed by atoms with Crippen molar-refractivity contribution in [1.82, 2.24) is 19.5 Å². The molecule has 0 aromatic carbocycles. The highest BCUT2D eigenvalue weighted by Crippen LogP contribution is 2.24. The number of nitrogens with one attached hydrogen (secondary N) is 1. The highest BCUT2D eigenvalue weighted by Gasteiger charge is 2.27. The minimum absolute atomic E-state index is 0.115. The second-order valence-electron chi connectivity index (χ2n) is 5.25. The van der Waals surface area contributed by atoms with Crippen LogP contribution in [0.1, 0.15) is 49.3 Å². The zero-order chi connectivity index (χ0) is 15.8. The second-order valence-corrected chi connectivity index (χ2v) is 7.83. The Bertz CT molecular complexity index is 718. The summed E-state index contributed by atoms with van der Waals surface area (Å²) in [7, 11) is -3.63. The first-order chi connectivity index (χ1) is 9.74. The molecule has 1 N–H and O–H groups in total. The molecule has 2 heterocycles. The van der Waals surface area contributed by atoms with Gasteiger partial charge in [-0.1, -0.05) is 0 Å². The van der Waals surface area contributed by atoms with Gasteiger partial charge in [0.2, 0.25) is 10.0 Å². The molecule has 0 bridgehead atoms. The Kier molecular flexibility index (Phi) is 4.50. The van der Waals surface area contributed by atoms with Gasteiger partial charge in [-0.25, -0.2) is 18.1 Å². The standard InChI is InChI=1S/C13H20N4O2S2/c1-8(2)17-11(5)12(9(3)15-17)21(18,19)16-10(4)13-14-6-7-20-13/h6-8,10,16H,1-5H3/t10-/m0/s1. The third-order valence-corrected chi connectivity index (χ3v) is 5.92. The molecule has 0 fully saturated rings. The Hall–Kier alpha value is -1.25. The topological polar surface area (TPSA) is 76.9 Å². The molecule has 0 aliphatic rings. The van der Waals surface area contributed by atoms with Crippen LogP contribution in [0.3, 0.4) is 0 Å². The van der Waals surface area contributed by atoms with Gasteiger partial charge in [0.25, 0.3) is 0 Å². The highest BCUT2D eigenvalue weighted by atomic mass is 32.2. The molecular formula is C13H20N4O2S2. The predicted molar refractivity (Wildman–Crippen MR) is 82.9 cm³/mol. The lowest BCUT2D eigenvalue weighted by molar-refractivity contribution is 0.514. The largest absolute Gasteiger partial charge is 0.266 e. The van der Waals surface area contributed by atoms with Gasteiger partial charge in [-0.15, -0.1) is 11.3 Å². The van der Waals surface area contributed by atoms with E-state index in [1.165, 1.54) is 11.3 Å². The van der Waals surface area contributed by atoms with Crippen molar-refractivity contribution in [2.45, 2.75) is 51.6 Å². The number of hydrogen-bond acceptors (Lipinski definition) is 5. The van der Waals surface area contributed by atoms with Gasteiger partial charge in [0, 0.05) is 17.6 Å². The number of rotatable bonds is 5. The van der Waals surface area contributed by atoms with E-state index in [9.17, 15) is 8.42 Å². The van der Waals surface area contributed by atoms with Crippen LogP contribution in [0.5, 0.6) is 0 Å². The Labute approximate surface area is 129 Å². The summed E-state index contributed by atoms with van der Waals surface area (Å²) in [6.07, 6.45) is 1.66. The summed E-state index contributed by atoms with van der Waals surface area (Å²) in [5, 5.41) is 6.90. The van der Waals surface area contributed by atoms with Gasteiger partial charge < -0.3 is 0 Å². The number of thiazole rings is 1. The van der Waals surface area contributed by atoms with Crippen molar-refractivity contribution in [1.29, 1.82) is 0 Å². The quantitative estimate of drug-likeness (QED) is 0.915. The van der Waals surface area contributed by atoms with E-state index in [-0.39, 0.29) is 17.0 Å². The van der Waals surface area contributed by atoms with E-state index in [4.69, 9.17) is 0 Å². The zero-order valence-electron chi connectivity index (χ0n) is 12.8. The average molecular weight is 328 g/mol. The molecule has 6 nitrogen and oxygen atoms in total. The predicted octanol–water partition coefficient (Wildman–Crippen LogP) is 2.58. The molecule has 0 radical (unpaired) electrons. The fraction of sp³-hybridized carbons (Fsp3) is 0.538. The second kappa shape index (κ2) is 5.86. The molecule has 1 atom stereocenters. The van der Waals surface area contributed by atoms with Crippen LogP contribution in [-0.4, -0.2) is 23.2 Å². The molecule has 2 aromatic heterocycles. The Morgan fingerprint density at radius 3 is 2.43 bits per heavy atom. The van der Waals surface area contributed by atoms with Crippen molar-refractivity contribution >= 4 is 21.4 Å². The first-order valence-electron chi connectivity index (χ1n) is 6.71. The van der Waals surface area contributed by atoms with E-state index >= 15 is 0 Å². The van der Waals surface area contributed by atoms with Crippen molar-refractivity contribution in [3.8, 4) is 0 Å². The van der Waals surface area contributed by atoms with E-state index in [1.807, 2.05) is 19.2 Å². The van der Waals surface area contributed by atoms with Gasteiger partial charge in [0.05, 0.1) is 17.4 Å². The number of hydrogen-bond donors (Lipinski definition) is 1. The number of aromatic nitrogens is 3. The lowest BCUT2D eigenvalue weighted by atomic mass is 10.3. The van der Waals surface area contributed by atoms with Crippen LogP contribution < -0.4 is 4.72 Å². The summed E-state index contributed by atoms with van der Waals surface area (Å²) in [4.78, 5) is 4.41. The van der Waals surface area contributed by atoms with Crippen LogP contribution >= 0.6 is 11.3 Å². The molecule has 0 saturated heterocycles. The molecule has 21 heavy (non-hydrogen) atoms. The van der Waals surface area contributed by atoms with Crippen LogP contribution in [0, 0.1) is 13.8 Å². The summed E-state index contributed by atoms with van der Waals surface area (Å²) in [5.41, 5.74) is 1.17. The van der Waals surface area contributed by atoms with Crippen LogP contribution in [0.4, 0.5) is 0 Å². The van der Waals surface area contributed by atoms with Crippen LogP contribution in [0.15, 0.2) is 16.5 Å². The van der Waals surface area contributed by atoms with Gasteiger partial charge >= 0.3 is 0 Å². The maximum atomic E-state index is 12.6. The van der Waals surface area contributed by atoms with Gasteiger partial charge in [0.1, 0.15) is 9.90 Å². The van der Waals surface area contributed by atoms with Gasteiger partial charge in [-0.05, 0) is 34.6 Å². The summed E-state index contributed by atoms with van der Waals surface area (Å²) < 4.78 is 29.7. The minimum atomic E-state index is -3.63. The fourth-order valence-corrected chi connectivity index (χ4v) is 4.66. The Morgan fingerprint density at radius 1 is 1.29 bits per heavy atom. The van der Waals surface area contributed by atoms with Crippen molar-refractivity contribution in [3.05, 3.63) is 28.0 Å². The monoisotopic (exact) mass is 328 g/mol. The van der Waals surface area contributed by atoms with E-state index in [0.29, 0.717) is 11.4 Å². The third kappa shape index (κ3) is 3.17. The zero-order valence-corrected chi connectivity index (χ0v) is 14.4. The third-order valence-electron chi connectivity index (χ3n) is 3.17. The molecule has 2 aromatic rings. The van der Waals surface area contributed by atoms with Crippen LogP contribution in [0.2, 0.25) is 0 Å². The lowest BCUT2D eigenvalue weighted by Crippen LogP contribution is -2.27. The Balaban J connectivity index is 2.36. The first kappa shape index (κ1) is 16.1. The van der Waals surface area contributed by atoms with Crippen molar-refractivity contribution < 1.29 is 8.42 Å². The summed E-state index contributed by atoms with van der Waals surface area (Å²) in [6.45, 7) is 9.23. The van der Waals surface area contributed by atoms with Crippen molar-refractivity contribution in [2.75, 3.05) is 0 Å². The SMILES string of the molecule is Cc1nn(C(C)C)c(C)c1S(=O)(=O)N[C@@H](C)c1nccs1. The van der Waals surface area contributed by atoms with E-state index in [2.05, 4.69) is 14.8 Å². The average Bonchev–Trinajstić information content (AvgIpc) is 2.96. The molecule has 8 heteroatoms. The molecular weight excluding hydrogens is 308 g/mol. The maximum absolute atomic E-state index is 12.6. The van der Waals surface area contributed by atoms with Gasteiger partial charge in [-0.2, -0.15) is 5.10 Å². The number of sulfonamides is 1. The molecule has 0 unspecified atom stereocenters. The molecule has 2 rings (SSSR count). The minimum Gasteiger partial charge on any atom is -0.266 e. The lowest BCUT2D eigenvalue weighted by Gasteiger charge is -2.13. The summed E-state index contributed by atoms with van der Waals surface area (Å²) in [6, 6.07) is -0.250. The fourth-order valence-electron chi connectivity index (χ4n) is 2.33. The smallest absolute Gasteiger partial charge is 0.244 e. The van der Waals surface area contributed by atoms with E-state index < -0.39 is 10.0 Å². The normalized spacial score (nSPS) is 13.8. The number of nitrogens with zero attached hydrogens (tertiary/aromatic N) is 3. The molecule has 0 aliphatic heterocycles. The van der Waals surface area contributed by atoms with Crippen molar-refractivity contribution in [2.24, 2.45) is 0 Å². The summed E-state index contributed by atoms with van der Waals surface area (Å²) in [5.74, 6) is 0. The molecule has 0 spiro atoms. The Morgan fingerprint density at radius 2 is 1.95 bits per heavy atom. The van der Waals surface area contributed by atoms with Gasteiger partial charge in [-0.3, -0.25) is 4.68 Å². The first-order valence-corrected chi connectivity index (χ1v) is 9.07. The van der Waals surface area contributed by atoms with Gasteiger partial charge in [0.15, 0.2) is 0 Å². The van der Waals surface area contributed by atoms with Crippen LogP contribution in [-0.2, 0) is 10.0 Å². The molecule has 0 saturated carbocycles. The summed E-state index contributed by atoms with van der Waals surface area (Å²) >= 11 is 1.43. The van der Waals surface area contributed by atoms with Crippen molar-refractivity contribution in [3.63, 3.8) is 0 Å². The van der Waals surface area contributed by atoms with Crippen LogP contribution in [0.25, 0.3) is 0 Å². The molecule has 116 valence electrons. The van der Waals surface area contributed by atoms with E-state index in [1.54, 1.807) is 31.6 Å². The number of aryl methyl sites for hydroxylation is 1. The molecule has 0 amide bonds. The molecule has 0 aliphatic carbocycles. The maximum Gasteiger partial charge on any atom is 0.244 e. The highest BCUT2D eigenvalue weighted by molar-refractivity contribution is 7.89.